The van der Waals surface area contributed by atoms with Gasteiger partial charge in [0, 0.05) is 19.6 Å². The minimum Gasteiger partial charge on any atom is -0.345 e. The van der Waals surface area contributed by atoms with Gasteiger partial charge in [-0.25, -0.2) is 0 Å². The first-order valence-electron chi connectivity index (χ1n) is 6.63. The van der Waals surface area contributed by atoms with E-state index in [4.69, 9.17) is 5.73 Å². The molecule has 1 unspecified atom stereocenters. The van der Waals surface area contributed by atoms with Crippen LogP contribution in [0.4, 0.5) is 0 Å². The molecule has 0 aromatic heterocycles. The molecular weight excluding hydrogens is 224 g/mol. The molecule has 0 radical (unpaired) electrons. The fourth-order valence-corrected chi connectivity index (χ4v) is 2.63. The quantitative estimate of drug-likeness (QED) is 0.883. The van der Waals surface area contributed by atoms with Gasteiger partial charge >= 0.3 is 0 Å². The Bertz CT molecular complexity index is 398. The number of nitrogens with two attached hydrogens (primary N) is 1. The van der Waals surface area contributed by atoms with E-state index in [1.807, 2.05) is 49.2 Å². The lowest BCUT2D eigenvalue weighted by Gasteiger charge is -2.36. The van der Waals surface area contributed by atoms with Crippen LogP contribution in [0.1, 0.15) is 31.2 Å². The van der Waals surface area contributed by atoms with Gasteiger partial charge in [-0.15, -0.1) is 0 Å². The predicted octanol–water partition coefficient (Wildman–Crippen LogP) is 1.99. The molecule has 0 spiro atoms. The Labute approximate surface area is 109 Å². The van der Waals surface area contributed by atoms with Gasteiger partial charge in [0.1, 0.15) is 0 Å². The molecule has 0 saturated heterocycles. The highest BCUT2D eigenvalue weighted by Crippen LogP contribution is 2.27. The van der Waals surface area contributed by atoms with Crippen molar-refractivity contribution in [1.82, 2.24) is 4.90 Å². The number of hydrogen-bond acceptors (Lipinski definition) is 2. The molecule has 98 valence electrons. The summed E-state index contributed by atoms with van der Waals surface area (Å²) in [7, 11) is 1.89. The molecule has 18 heavy (non-hydrogen) atoms. The van der Waals surface area contributed by atoms with Gasteiger partial charge in [0.05, 0.1) is 5.92 Å². The first kappa shape index (κ1) is 13.1. The third-order valence-corrected chi connectivity index (χ3v) is 3.85. The van der Waals surface area contributed by atoms with Crippen molar-refractivity contribution in [2.24, 2.45) is 11.7 Å². The van der Waals surface area contributed by atoms with Crippen LogP contribution in [0.15, 0.2) is 30.3 Å². The molecule has 1 aromatic carbocycles. The monoisotopic (exact) mass is 246 g/mol. The third-order valence-electron chi connectivity index (χ3n) is 3.85. The maximum Gasteiger partial charge on any atom is 0.229 e. The van der Waals surface area contributed by atoms with Crippen LogP contribution in [-0.4, -0.2) is 30.4 Å². The Morgan fingerprint density at radius 2 is 2.00 bits per heavy atom. The summed E-state index contributed by atoms with van der Waals surface area (Å²) in [5.41, 5.74) is 6.85. The molecule has 0 aliphatic heterocycles. The van der Waals surface area contributed by atoms with Gasteiger partial charge in [0.25, 0.3) is 0 Å². The normalized spacial score (nSPS) is 24.2. The number of nitrogens with zero attached hydrogens (tertiary/aromatic N) is 1. The van der Waals surface area contributed by atoms with E-state index in [1.54, 1.807) is 0 Å². The van der Waals surface area contributed by atoms with E-state index < -0.39 is 0 Å². The minimum absolute atomic E-state index is 0.0649. The number of rotatable bonds is 4. The molecule has 1 saturated carbocycles. The standard InChI is InChI=1S/C15H22N2O/c1-11(13-6-4-3-5-7-13)15(18)17(2)10-12-8-14(16)9-12/h3-7,11-12,14H,8-10,16H2,1-2H3. The van der Waals surface area contributed by atoms with Crippen LogP contribution in [0.3, 0.4) is 0 Å². The van der Waals surface area contributed by atoms with E-state index in [9.17, 15) is 4.79 Å². The first-order valence-corrected chi connectivity index (χ1v) is 6.63. The zero-order chi connectivity index (χ0) is 13.1. The summed E-state index contributed by atoms with van der Waals surface area (Å²) in [5.74, 6) is 0.726. The Morgan fingerprint density at radius 1 is 1.39 bits per heavy atom. The van der Waals surface area contributed by atoms with Crippen LogP contribution in [0, 0.1) is 5.92 Å². The average Bonchev–Trinajstić information content (AvgIpc) is 2.36. The molecule has 3 nitrogen and oxygen atoms in total. The van der Waals surface area contributed by atoms with Gasteiger partial charge in [-0.05, 0) is 31.2 Å². The van der Waals surface area contributed by atoms with Crippen molar-refractivity contribution in [3.05, 3.63) is 35.9 Å². The van der Waals surface area contributed by atoms with Gasteiger partial charge in [-0.2, -0.15) is 0 Å². The summed E-state index contributed by atoms with van der Waals surface area (Å²) in [6.07, 6.45) is 2.11. The maximum absolute atomic E-state index is 12.3. The molecule has 1 aliphatic rings. The first-order chi connectivity index (χ1) is 8.58. The number of likely N-dealkylation sites (N-methyl/N-ethyl adjacent to an activating group) is 1. The van der Waals surface area contributed by atoms with Crippen molar-refractivity contribution in [3.8, 4) is 0 Å². The zero-order valence-electron chi connectivity index (χ0n) is 11.2. The second-order valence-corrected chi connectivity index (χ2v) is 5.45. The molecule has 1 aliphatic carbocycles. The van der Waals surface area contributed by atoms with Crippen LogP contribution >= 0.6 is 0 Å². The van der Waals surface area contributed by atoms with Crippen LogP contribution in [-0.2, 0) is 4.79 Å². The van der Waals surface area contributed by atoms with E-state index in [1.165, 1.54) is 0 Å². The predicted molar refractivity (Wildman–Crippen MR) is 73.2 cm³/mol. The highest BCUT2D eigenvalue weighted by atomic mass is 16.2. The second-order valence-electron chi connectivity index (χ2n) is 5.45. The van der Waals surface area contributed by atoms with Gasteiger partial charge < -0.3 is 10.6 Å². The largest absolute Gasteiger partial charge is 0.345 e. The Morgan fingerprint density at radius 3 is 2.56 bits per heavy atom. The Hall–Kier alpha value is -1.35. The molecule has 0 bridgehead atoms. The number of amides is 1. The fourth-order valence-electron chi connectivity index (χ4n) is 2.63. The molecule has 1 aromatic rings. The van der Waals surface area contributed by atoms with Crippen LogP contribution in [0.2, 0.25) is 0 Å². The summed E-state index contributed by atoms with van der Waals surface area (Å²) >= 11 is 0. The molecule has 1 fully saturated rings. The molecule has 1 atom stereocenters. The average molecular weight is 246 g/mol. The van der Waals surface area contributed by atoms with E-state index in [-0.39, 0.29) is 11.8 Å². The third kappa shape index (κ3) is 2.91. The summed E-state index contributed by atoms with van der Waals surface area (Å²) in [5, 5.41) is 0. The Kier molecular flexibility index (Phi) is 4.02. The van der Waals surface area contributed by atoms with Crippen LogP contribution < -0.4 is 5.73 Å². The lowest BCUT2D eigenvalue weighted by molar-refractivity contribution is -0.132. The van der Waals surface area contributed by atoms with Gasteiger partial charge in [-0.3, -0.25) is 4.79 Å². The van der Waals surface area contributed by atoms with Crippen molar-refractivity contribution in [1.29, 1.82) is 0 Å². The number of carbonyl (C=O) groups is 1. The van der Waals surface area contributed by atoms with Gasteiger partial charge in [0.15, 0.2) is 0 Å². The Balaban J connectivity index is 1.90. The lowest BCUT2D eigenvalue weighted by Crippen LogP contribution is -2.44. The summed E-state index contributed by atoms with van der Waals surface area (Å²) in [4.78, 5) is 14.2. The van der Waals surface area contributed by atoms with E-state index >= 15 is 0 Å². The molecule has 2 rings (SSSR count). The van der Waals surface area contributed by atoms with Crippen LogP contribution in [0.25, 0.3) is 0 Å². The molecule has 0 heterocycles. The molecule has 1 amide bonds. The SMILES string of the molecule is CC(C(=O)N(C)CC1CC(N)C1)c1ccccc1. The van der Waals surface area contributed by atoms with E-state index in [0.717, 1.165) is 24.9 Å². The number of benzene rings is 1. The summed E-state index contributed by atoms with van der Waals surface area (Å²) in [6.45, 7) is 2.81. The van der Waals surface area contributed by atoms with Crippen molar-refractivity contribution in [2.75, 3.05) is 13.6 Å². The summed E-state index contributed by atoms with van der Waals surface area (Å²) < 4.78 is 0. The van der Waals surface area contributed by atoms with Gasteiger partial charge in [-0.1, -0.05) is 30.3 Å². The highest BCUT2D eigenvalue weighted by Gasteiger charge is 2.29. The number of carbonyl (C=O) groups excluding carboxylic acids is 1. The number of hydrogen-bond donors (Lipinski definition) is 1. The second kappa shape index (κ2) is 5.53. The lowest BCUT2D eigenvalue weighted by atomic mass is 9.80. The fraction of sp³-hybridized carbons (Fsp3) is 0.533. The van der Waals surface area contributed by atoms with Gasteiger partial charge in [0.2, 0.25) is 5.91 Å². The smallest absolute Gasteiger partial charge is 0.229 e. The van der Waals surface area contributed by atoms with Crippen molar-refractivity contribution >= 4 is 5.91 Å². The molecule has 3 heteroatoms. The van der Waals surface area contributed by atoms with Crippen molar-refractivity contribution < 1.29 is 4.79 Å². The molecule has 2 N–H and O–H groups in total. The highest BCUT2D eigenvalue weighted by molar-refractivity contribution is 5.83. The van der Waals surface area contributed by atoms with Crippen molar-refractivity contribution in [2.45, 2.75) is 31.7 Å². The van der Waals surface area contributed by atoms with Crippen molar-refractivity contribution in [3.63, 3.8) is 0 Å². The van der Waals surface area contributed by atoms with Crippen LogP contribution in [0.5, 0.6) is 0 Å². The maximum atomic E-state index is 12.3. The minimum atomic E-state index is -0.0649. The van der Waals surface area contributed by atoms with E-state index in [0.29, 0.717) is 12.0 Å². The zero-order valence-corrected chi connectivity index (χ0v) is 11.2. The molecular formula is C15H22N2O. The van der Waals surface area contributed by atoms with E-state index in [2.05, 4.69) is 0 Å². The summed E-state index contributed by atoms with van der Waals surface area (Å²) in [6, 6.07) is 10.3. The topological polar surface area (TPSA) is 46.3 Å².